The van der Waals surface area contributed by atoms with E-state index in [0.717, 1.165) is 18.7 Å². The molecule has 3 unspecified atom stereocenters. The Morgan fingerprint density at radius 1 is 1.44 bits per heavy atom. The second kappa shape index (κ2) is 7.39. The van der Waals surface area contributed by atoms with Gasteiger partial charge in [-0.2, -0.15) is 11.8 Å². The zero-order chi connectivity index (χ0) is 13.7. The van der Waals surface area contributed by atoms with Crippen LogP contribution in [-0.2, 0) is 4.79 Å². The Kier molecular flexibility index (Phi) is 6.50. The van der Waals surface area contributed by atoms with Crippen LogP contribution in [0.1, 0.15) is 40.5 Å². The molecule has 1 heterocycles. The molecule has 0 spiro atoms. The number of nitrogens with zero attached hydrogens (tertiary/aromatic N) is 1. The standard InChI is InChI=1S/C14H28N2OS/c1-10(2)7-13(9-15)8-14(17)16-5-6-18-12(4)11(16)3/h10-13H,5-9,15H2,1-4H3. The lowest BCUT2D eigenvalue weighted by Gasteiger charge is -2.38. The molecule has 0 aromatic heterocycles. The summed E-state index contributed by atoms with van der Waals surface area (Å²) in [6, 6.07) is 0.355. The normalized spacial score (nSPS) is 26.4. The van der Waals surface area contributed by atoms with Crippen molar-refractivity contribution < 1.29 is 4.79 Å². The monoisotopic (exact) mass is 272 g/mol. The molecule has 1 amide bonds. The van der Waals surface area contributed by atoms with Crippen LogP contribution in [0, 0.1) is 11.8 Å². The van der Waals surface area contributed by atoms with Gasteiger partial charge in [-0.3, -0.25) is 4.79 Å². The lowest BCUT2D eigenvalue weighted by atomic mass is 9.93. The van der Waals surface area contributed by atoms with Crippen molar-refractivity contribution in [1.29, 1.82) is 0 Å². The number of hydrogen-bond acceptors (Lipinski definition) is 3. The third-order valence-corrected chi connectivity index (χ3v) is 5.14. The quantitative estimate of drug-likeness (QED) is 0.835. The summed E-state index contributed by atoms with van der Waals surface area (Å²) in [5, 5.41) is 0.545. The van der Waals surface area contributed by atoms with Gasteiger partial charge in [-0.25, -0.2) is 0 Å². The maximum atomic E-state index is 12.4. The second-order valence-electron chi connectivity index (χ2n) is 5.84. The number of hydrogen-bond donors (Lipinski definition) is 1. The molecule has 3 nitrogen and oxygen atoms in total. The lowest BCUT2D eigenvalue weighted by Crippen LogP contribution is -2.48. The van der Waals surface area contributed by atoms with Crippen LogP contribution in [0.4, 0.5) is 0 Å². The maximum absolute atomic E-state index is 12.4. The number of carbonyl (C=O) groups excluding carboxylic acids is 1. The minimum atomic E-state index is 0.297. The molecule has 0 aliphatic carbocycles. The number of nitrogens with two attached hydrogens (primary N) is 1. The summed E-state index contributed by atoms with van der Waals surface area (Å²) in [5.74, 6) is 2.31. The van der Waals surface area contributed by atoms with Crippen LogP contribution >= 0.6 is 11.8 Å². The van der Waals surface area contributed by atoms with Crippen LogP contribution in [0.3, 0.4) is 0 Å². The fraction of sp³-hybridized carbons (Fsp3) is 0.929. The van der Waals surface area contributed by atoms with Crippen molar-refractivity contribution in [2.75, 3.05) is 18.8 Å². The highest BCUT2D eigenvalue weighted by Gasteiger charge is 2.29. The fourth-order valence-electron chi connectivity index (χ4n) is 2.58. The average molecular weight is 272 g/mol. The predicted molar refractivity (Wildman–Crippen MR) is 79.7 cm³/mol. The van der Waals surface area contributed by atoms with E-state index in [4.69, 9.17) is 5.73 Å². The minimum absolute atomic E-state index is 0.297. The van der Waals surface area contributed by atoms with Gasteiger partial charge in [0.2, 0.25) is 5.91 Å². The molecule has 4 heteroatoms. The molecule has 0 aromatic rings. The van der Waals surface area contributed by atoms with E-state index >= 15 is 0 Å². The van der Waals surface area contributed by atoms with E-state index in [1.54, 1.807) is 0 Å². The summed E-state index contributed by atoms with van der Waals surface area (Å²) in [5.41, 5.74) is 5.79. The van der Waals surface area contributed by atoms with Crippen LogP contribution in [0.15, 0.2) is 0 Å². The summed E-state index contributed by atoms with van der Waals surface area (Å²) in [6.45, 7) is 10.3. The zero-order valence-corrected chi connectivity index (χ0v) is 13.0. The first-order valence-corrected chi connectivity index (χ1v) is 8.11. The van der Waals surface area contributed by atoms with Gasteiger partial charge in [0.1, 0.15) is 0 Å². The molecule has 0 bridgehead atoms. The Morgan fingerprint density at radius 2 is 2.11 bits per heavy atom. The highest BCUT2D eigenvalue weighted by molar-refractivity contribution is 8.00. The number of amides is 1. The Balaban J connectivity index is 2.52. The van der Waals surface area contributed by atoms with Crippen LogP contribution in [-0.4, -0.2) is 40.9 Å². The Labute approximate surface area is 116 Å². The van der Waals surface area contributed by atoms with Crippen molar-refractivity contribution in [3.63, 3.8) is 0 Å². The molecular formula is C14H28N2OS. The summed E-state index contributed by atoms with van der Waals surface area (Å²) < 4.78 is 0. The summed E-state index contributed by atoms with van der Waals surface area (Å²) in [4.78, 5) is 14.4. The highest BCUT2D eigenvalue weighted by atomic mass is 32.2. The fourth-order valence-corrected chi connectivity index (χ4v) is 3.68. The van der Waals surface area contributed by atoms with Crippen molar-refractivity contribution in [2.45, 2.75) is 51.8 Å². The minimum Gasteiger partial charge on any atom is -0.338 e. The topological polar surface area (TPSA) is 46.3 Å². The molecule has 2 N–H and O–H groups in total. The molecule has 3 atom stereocenters. The van der Waals surface area contributed by atoms with E-state index in [1.165, 1.54) is 0 Å². The van der Waals surface area contributed by atoms with E-state index in [1.807, 2.05) is 11.8 Å². The number of carbonyl (C=O) groups is 1. The summed E-state index contributed by atoms with van der Waals surface area (Å²) in [7, 11) is 0. The van der Waals surface area contributed by atoms with Crippen molar-refractivity contribution in [3.05, 3.63) is 0 Å². The maximum Gasteiger partial charge on any atom is 0.223 e. The van der Waals surface area contributed by atoms with Crippen LogP contribution in [0.5, 0.6) is 0 Å². The Bertz CT molecular complexity index is 271. The van der Waals surface area contributed by atoms with Crippen LogP contribution in [0.2, 0.25) is 0 Å². The smallest absolute Gasteiger partial charge is 0.223 e. The molecule has 18 heavy (non-hydrogen) atoms. The number of thioether (sulfide) groups is 1. The van der Waals surface area contributed by atoms with E-state index in [9.17, 15) is 4.79 Å². The van der Waals surface area contributed by atoms with Gasteiger partial charge in [0.15, 0.2) is 0 Å². The van der Waals surface area contributed by atoms with Gasteiger partial charge in [0.05, 0.1) is 0 Å². The molecule has 0 saturated carbocycles. The van der Waals surface area contributed by atoms with Gasteiger partial charge in [-0.05, 0) is 31.7 Å². The summed E-state index contributed by atoms with van der Waals surface area (Å²) >= 11 is 1.96. The van der Waals surface area contributed by atoms with Crippen molar-refractivity contribution in [1.82, 2.24) is 4.90 Å². The summed E-state index contributed by atoms with van der Waals surface area (Å²) in [6.07, 6.45) is 1.67. The van der Waals surface area contributed by atoms with E-state index < -0.39 is 0 Å². The molecule has 1 rings (SSSR count). The molecule has 106 valence electrons. The molecule has 1 aliphatic heterocycles. The predicted octanol–water partition coefficient (Wildman–Crippen LogP) is 2.35. The van der Waals surface area contributed by atoms with Crippen LogP contribution < -0.4 is 5.73 Å². The molecule has 0 radical (unpaired) electrons. The van der Waals surface area contributed by atoms with Gasteiger partial charge in [-0.15, -0.1) is 0 Å². The largest absolute Gasteiger partial charge is 0.338 e. The van der Waals surface area contributed by atoms with E-state index in [-0.39, 0.29) is 0 Å². The van der Waals surface area contributed by atoms with Gasteiger partial charge >= 0.3 is 0 Å². The molecular weight excluding hydrogens is 244 g/mol. The van der Waals surface area contributed by atoms with Crippen molar-refractivity contribution >= 4 is 17.7 Å². The van der Waals surface area contributed by atoms with Crippen LogP contribution in [0.25, 0.3) is 0 Å². The van der Waals surface area contributed by atoms with E-state index in [2.05, 4.69) is 32.6 Å². The molecule has 0 aromatic carbocycles. The number of rotatable bonds is 5. The van der Waals surface area contributed by atoms with Gasteiger partial charge in [0.25, 0.3) is 0 Å². The van der Waals surface area contributed by atoms with Gasteiger partial charge in [0, 0.05) is 30.0 Å². The third kappa shape index (κ3) is 4.47. The molecule has 1 saturated heterocycles. The second-order valence-corrected chi connectivity index (χ2v) is 7.32. The zero-order valence-electron chi connectivity index (χ0n) is 12.2. The third-order valence-electron chi connectivity index (χ3n) is 3.81. The Morgan fingerprint density at radius 3 is 2.67 bits per heavy atom. The van der Waals surface area contributed by atoms with Crippen molar-refractivity contribution in [3.8, 4) is 0 Å². The highest BCUT2D eigenvalue weighted by Crippen LogP contribution is 2.26. The SMILES string of the molecule is CC(C)CC(CN)CC(=O)N1CCSC(C)C1C. The van der Waals surface area contributed by atoms with Crippen molar-refractivity contribution in [2.24, 2.45) is 17.6 Å². The first-order chi connectivity index (χ1) is 8.45. The average Bonchev–Trinajstić information content (AvgIpc) is 2.31. The molecule has 1 aliphatic rings. The first-order valence-electron chi connectivity index (χ1n) is 7.06. The first kappa shape index (κ1) is 15.8. The van der Waals surface area contributed by atoms with E-state index in [0.29, 0.717) is 42.0 Å². The van der Waals surface area contributed by atoms with Gasteiger partial charge in [-0.1, -0.05) is 20.8 Å². The molecule has 1 fully saturated rings. The van der Waals surface area contributed by atoms with Gasteiger partial charge < -0.3 is 10.6 Å². The lowest BCUT2D eigenvalue weighted by molar-refractivity contribution is -0.134. The Hall–Kier alpha value is -0.220.